The van der Waals surface area contributed by atoms with Gasteiger partial charge in [-0.3, -0.25) is 9.59 Å². The van der Waals surface area contributed by atoms with Gasteiger partial charge in [-0.2, -0.15) is 11.8 Å². The van der Waals surface area contributed by atoms with Crippen LogP contribution in [0.2, 0.25) is 0 Å². The molecule has 0 saturated heterocycles. The number of nitrogens with one attached hydrogen (secondary N) is 2. The zero-order valence-corrected chi connectivity index (χ0v) is 13.4. The number of thioether (sulfide) groups is 1. The summed E-state index contributed by atoms with van der Waals surface area (Å²) >= 11 is 1.74. The van der Waals surface area contributed by atoms with E-state index < -0.39 is 0 Å². The maximum Gasteiger partial charge on any atom is 0.255 e. The highest BCUT2D eigenvalue weighted by molar-refractivity contribution is 7.97. The Labute approximate surface area is 134 Å². The van der Waals surface area contributed by atoms with E-state index in [4.69, 9.17) is 0 Å². The molecule has 0 atom stereocenters. The normalized spacial score (nSPS) is 10.1. The number of rotatable bonds is 5. The molecule has 0 aromatic heterocycles. The molecule has 0 radical (unpaired) electrons. The fraction of sp³-hybridized carbons (Fsp3) is 0.176. The largest absolute Gasteiger partial charge is 0.355 e. The lowest BCUT2D eigenvalue weighted by molar-refractivity contribution is 0.0961. The molecule has 4 nitrogen and oxygen atoms in total. The predicted octanol–water partition coefficient (Wildman–Crippen LogP) is 3.16. The first-order valence-corrected chi connectivity index (χ1v) is 8.25. The first kappa shape index (κ1) is 16.1. The zero-order chi connectivity index (χ0) is 15.9. The molecule has 0 spiro atoms. The second kappa shape index (κ2) is 7.66. The van der Waals surface area contributed by atoms with Crippen molar-refractivity contribution in [2.45, 2.75) is 5.75 Å². The van der Waals surface area contributed by atoms with Gasteiger partial charge in [0.15, 0.2) is 0 Å². The van der Waals surface area contributed by atoms with Gasteiger partial charge in [0.2, 0.25) is 0 Å². The monoisotopic (exact) mass is 314 g/mol. The van der Waals surface area contributed by atoms with E-state index in [2.05, 4.69) is 10.6 Å². The van der Waals surface area contributed by atoms with Crippen molar-refractivity contribution >= 4 is 29.3 Å². The third kappa shape index (κ3) is 4.11. The van der Waals surface area contributed by atoms with Gasteiger partial charge in [0.25, 0.3) is 11.8 Å². The van der Waals surface area contributed by atoms with E-state index in [1.165, 1.54) is 5.56 Å². The number of hydrogen-bond donors (Lipinski definition) is 2. The van der Waals surface area contributed by atoms with Crippen molar-refractivity contribution in [3.63, 3.8) is 0 Å². The van der Waals surface area contributed by atoms with Crippen LogP contribution in [0.4, 0.5) is 5.69 Å². The van der Waals surface area contributed by atoms with Gasteiger partial charge >= 0.3 is 0 Å². The minimum Gasteiger partial charge on any atom is -0.355 e. The van der Waals surface area contributed by atoms with E-state index in [0.29, 0.717) is 16.8 Å². The second-order valence-corrected chi connectivity index (χ2v) is 5.61. The highest BCUT2D eigenvalue weighted by atomic mass is 32.2. The Kier molecular flexibility index (Phi) is 5.61. The van der Waals surface area contributed by atoms with E-state index in [0.717, 1.165) is 5.75 Å². The molecule has 0 heterocycles. The highest BCUT2D eigenvalue weighted by Crippen LogP contribution is 2.14. The van der Waals surface area contributed by atoms with Gasteiger partial charge in [0.05, 0.1) is 0 Å². The third-order valence-electron chi connectivity index (χ3n) is 3.14. The molecule has 5 heteroatoms. The highest BCUT2D eigenvalue weighted by Gasteiger charge is 2.08. The molecule has 0 fully saturated rings. The first-order valence-electron chi connectivity index (χ1n) is 6.85. The summed E-state index contributed by atoms with van der Waals surface area (Å²) in [5, 5.41) is 5.36. The number of carbonyl (C=O) groups excluding carboxylic acids is 2. The average molecular weight is 314 g/mol. The lowest BCUT2D eigenvalue weighted by atomic mass is 10.1. The van der Waals surface area contributed by atoms with Gasteiger partial charge in [-0.25, -0.2) is 0 Å². The van der Waals surface area contributed by atoms with Crippen LogP contribution >= 0.6 is 11.8 Å². The van der Waals surface area contributed by atoms with Crippen LogP contribution in [-0.2, 0) is 5.75 Å². The molecule has 2 rings (SSSR count). The zero-order valence-electron chi connectivity index (χ0n) is 12.6. The number of carbonyl (C=O) groups is 2. The molecule has 22 heavy (non-hydrogen) atoms. The fourth-order valence-corrected chi connectivity index (χ4v) is 2.53. The molecule has 2 aromatic rings. The van der Waals surface area contributed by atoms with Crippen molar-refractivity contribution in [3.05, 3.63) is 65.2 Å². The molecule has 2 amide bonds. The number of amides is 2. The van der Waals surface area contributed by atoms with Crippen molar-refractivity contribution in [2.75, 3.05) is 18.6 Å². The summed E-state index contributed by atoms with van der Waals surface area (Å²) in [5.41, 5.74) is 2.88. The minimum atomic E-state index is -0.190. The molecule has 2 aromatic carbocycles. The standard InChI is InChI=1S/C17H18N2O2S/c1-18-16(20)14-4-3-5-15(10-14)19-17(21)13-8-6-12(7-9-13)11-22-2/h3-10H,11H2,1-2H3,(H,18,20)(H,19,21). The third-order valence-corrected chi connectivity index (χ3v) is 3.76. The maximum absolute atomic E-state index is 12.2. The molecule has 2 N–H and O–H groups in total. The Balaban J connectivity index is 2.09. The van der Waals surface area contributed by atoms with Gasteiger partial charge in [0.1, 0.15) is 0 Å². The van der Waals surface area contributed by atoms with Gasteiger partial charge in [-0.05, 0) is 42.2 Å². The Morgan fingerprint density at radius 1 is 1.00 bits per heavy atom. The summed E-state index contributed by atoms with van der Waals surface area (Å²) in [4.78, 5) is 23.8. The van der Waals surface area contributed by atoms with Gasteiger partial charge in [-0.15, -0.1) is 0 Å². The van der Waals surface area contributed by atoms with E-state index in [-0.39, 0.29) is 11.8 Å². The van der Waals surface area contributed by atoms with Gasteiger partial charge in [0, 0.05) is 29.6 Å². The Morgan fingerprint density at radius 3 is 2.36 bits per heavy atom. The number of anilines is 1. The van der Waals surface area contributed by atoms with Gasteiger partial charge < -0.3 is 10.6 Å². The topological polar surface area (TPSA) is 58.2 Å². The molecule has 0 aliphatic heterocycles. The van der Waals surface area contributed by atoms with Crippen LogP contribution in [0, 0.1) is 0 Å². The SMILES string of the molecule is CNC(=O)c1cccc(NC(=O)c2ccc(CSC)cc2)c1. The van der Waals surface area contributed by atoms with Crippen LogP contribution in [0.3, 0.4) is 0 Å². The molecule has 0 saturated carbocycles. The van der Waals surface area contributed by atoms with Crippen molar-refractivity contribution in [3.8, 4) is 0 Å². The lowest BCUT2D eigenvalue weighted by Gasteiger charge is -2.07. The van der Waals surface area contributed by atoms with E-state index >= 15 is 0 Å². The summed E-state index contributed by atoms with van der Waals surface area (Å²) in [6.45, 7) is 0. The van der Waals surface area contributed by atoms with Crippen LogP contribution < -0.4 is 10.6 Å². The second-order valence-electron chi connectivity index (χ2n) is 4.74. The molecule has 0 bridgehead atoms. The molecule has 0 aliphatic carbocycles. The van der Waals surface area contributed by atoms with Crippen LogP contribution in [0.1, 0.15) is 26.3 Å². The van der Waals surface area contributed by atoms with E-state index in [9.17, 15) is 9.59 Å². The minimum absolute atomic E-state index is 0.183. The average Bonchev–Trinajstić information content (AvgIpc) is 2.55. The summed E-state index contributed by atoms with van der Waals surface area (Å²) in [7, 11) is 1.57. The van der Waals surface area contributed by atoms with E-state index in [1.807, 2.05) is 30.5 Å². The quantitative estimate of drug-likeness (QED) is 0.891. The Bertz CT molecular complexity index is 669. The molecule has 114 valence electrons. The Morgan fingerprint density at radius 2 is 1.73 bits per heavy atom. The predicted molar refractivity (Wildman–Crippen MR) is 91.4 cm³/mol. The van der Waals surface area contributed by atoms with E-state index in [1.54, 1.807) is 43.1 Å². The first-order chi connectivity index (χ1) is 10.6. The van der Waals surface area contributed by atoms with Crippen molar-refractivity contribution < 1.29 is 9.59 Å². The molecule has 0 aliphatic rings. The lowest BCUT2D eigenvalue weighted by Crippen LogP contribution is -2.18. The molecular weight excluding hydrogens is 296 g/mol. The van der Waals surface area contributed by atoms with Crippen molar-refractivity contribution in [1.82, 2.24) is 5.32 Å². The number of hydrogen-bond acceptors (Lipinski definition) is 3. The van der Waals surface area contributed by atoms with Crippen molar-refractivity contribution in [2.24, 2.45) is 0 Å². The number of benzene rings is 2. The van der Waals surface area contributed by atoms with Crippen LogP contribution in [0.5, 0.6) is 0 Å². The summed E-state index contributed by atoms with van der Waals surface area (Å²) in [6.07, 6.45) is 2.04. The molecule has 0 unspecified atom stereocenters. The smallest absolute Gasteiger partial charge is 0.255 e. The van der Waals surface area contributed by atoms with Gasteiger partial charge in [-0.1, -0.05) is 18.2 Å². The maximum atomic E-state index is 12.2. The van der Waals surface area contributed by atoms with Crippen molar-refractivity contribution in [1.29, 1.82) is 0 Å². The van der Waals surface area contributed by atoms with Crippen LogP contribution in [-0.4, -0.2) is 25.1 Å². The summed E-state index contributed by atoms with van der Waals surface area (Å²) in [6, 6.07) is 14.4. The Hall–Kier alpha value is -2.27. The summed E-state index contributed by atoms with van der Waals surface area (Å²) in [5.74, 6) is 0.554. The summed E-state index contributed by atoms with van der Waals surface area (Å²) < 4.78 is 0. The van der Waals surface area contributed by atoms with Crippen LogP contribution in [0.15, 0.2) is 48.5 Å². The fourth-order valence-electron chi connectivity index (χ4n) is 2.00. The molecular formula is C17H18N2O2S. The van der Waals surface area contributed by atoms with Crippen LogP contribution in [0.25, 0.3) is 0 Å².